The second-order valence-electron chi connectivity index (χ2n) is 5.13. The number of rotatable bonds is 3. The molecule has 4 atom stereocenters. The summed E-state index contributed by atoms with van der Waals surface area (Å²) >= 11 is 0. The van der Waals surface area contributed by atoms with Gasteiger partial charge in [0.2, 0.25) is 0 Å². The summed E-state index contributed by atoms with van der Waals surface area (Å²) in [5.41, 5.74) is 0. The number of nitrogens with zero attached hydrogens (tertiary/aromatic N) is 1. The molecule has 0 radical (unpaired) electrons. The predicted molar refractivity (Wildman–Crippen MR) is 62.6 cm³/mol. The molecule has 2 amide bonds. The highest BCUT2D eigenvalue weighted by Gasteiger charge is 2.42. The molecule has 4 unspecified atom stereocenters. The van der Waals surface area contributed by atoms with E-state index in [0.717, 1.165) is 12.8 Å². The molecule has 1 aliphatic carbocycles. The number of hydrogen-bond donors (Lipinski definition) is 2. The van der Waals surface area contributed by atoms with Crippen LogP contribution in [0.4, 0.5) is 4.79 Å². The van der Waals surface area contributed by atoms with Gasteiger partial charge in [0.1, 0.15) is 0 Å². The van der Waals surface area contributed by atoms with Crippen LogP contribution in [0.5, 0.6) is 0 Å². The van der Waals surface area contributed by atoms with Gasteiger partial charge in [0, 0.05) is 18.6 Å². The Labute approximate surface area is 101 Å². The molecule has 0 aromatic carbocycles. The molecule has 1 heterocycles. The average Bonchev–Trinajstić information content (AvgIpc) is 2.90. The third-order valence-corrected chi connectivity index (χ3v) is 4.09. The van der Waals surface area contributed by atoms with E-state index in [0.29, 0.717) is 24.9 Å². The number of nitrogens with one attached hydrogen (secondary N) is 1. The summed E-state index contributed by atoms with van der Waals surface area (Å²) in [6, 6.07) is 0.0112. The van der Waals surface area contributed by atoms with Crippen LogP contribution in [0.3, 0.4) is 0 Å². The Balaban J connectivity index is 1.86. The average molecular weight is 240 g/mol. The number of carbonyl (C=O) groups is 2. The molecular formula is C12H20N2O3. The normalized spacial score (nSPS) is 35.8. The fourth-order valence-electron chi connectivity index (χ4n) is 2.67. The lowest BCUT2D eigenvalue weighted by Crippen LogP contribution is -2.44. The lowest BCUT2D eigenvalue weighted by atomic mass is 10.0. The highest BCUT2D eigenvalue weighted by Crippen LogP contribution is 2.34. The maximum Gasteiger partial charge on any atom is 0.317 e. The van der Waals surface area contributed by atoms with Crippen LogP contribution in [0.25, 0.3) is 0 Å². The molecule has 1 saturated heterocycles. The van der Waals surface area contributed by atoms with E-state index in [1.54, 1.807) is 4.90 Å². The van der Waals surface area contributed by atoms with Crippen molar-refractivity contribution in [1.82, 2.24) is 10.2 Å². The van der Waals surface area contributed by atoms with Crippen molar-refractivity contribution >= 4 is 12.0 Å². The molecule has 5 heteroatoms. The molecule has 0 aromatic rings. The first-order valence-corrected chi connectivity index (χ1v) is 6.34. The number of likely N-dealkylation sites (tertiary alicyclic amines) is 1. The quantitative estimate of drug-likeness (QED) is 0.781. The van der Waals surface area contributed by atoms with Gasteiger partial charge in [-0.05, 0) is 25.7 Å². The molecule has 17 heavy (non-hydrogen) atoms. The van der Waals surface area contributed by atoms with E-state index in [2.05, 4.69) is 12.2 Å². The van der Waals surface area contributed by atoms with Crippen LogP contribution >= 0.6 is 0 Å². The van der Waals surface area contributed by atoms with Gasteiger partial charge in [-0.25, -0.2) is 4.79 Å². The van der Waals surface area contributed by atoms with Crippen molar-refractivity contribution in [2.75, 3.05) is 6.54 Å². The van der Waals surface area contributed by atoms with Crippen LogP contribution in [0.15, 0.2) is 0 Å². The van der Waals surface area contributed by atoms with Crippen LogP contribution in [0.1, 0.15) is 33.1 Å². The first-order valence-electron chi connectivity index (χ1n) is 6.34. The molecule has 0 aromatic heterocycles. The van der Waals surface area contributed by atoms with Gasteiger partial charge < -0.3 is 15.3 Å². The van der Waals surface area contributed by atoms with Gasteiger partial charge in [0.15, 0.2) is 0 Å². The van der Waals surface area contributed by atoms with E-state index in [-0.39, 0.29) is 12.1 Å². The predicted octanol–water partition coefficient (Wildman–Crippen LogP) is 1.29. The highest BCUT2D eigenvalue weighted by atomic mass is 16.4. The number of aliphatic carboxylic acids is 1. The monoisotopic (exact) mass is 240 g/mol. The van der Waals surface area contributed by atoms with Crippen molar-refractivity contribution in [1.29, 1.82) is 0 Å². The maximum absolute atomic E-state index is 12.0. The zero-order valence-corrected chi connectivity index (χ0v) is 10.3. The molecule has 1 aliphatic heterocycles. The van der Waals surface area contributed by atoms with Gasteiger partial charge in [0.25, 0.3) is 0 Å². The smallest absolute Gasteiger partial charge is 0.317 e. The highest BCUT2D eigenvalue weighted by molar-refractivity contribution is 5.78. The van der Waals surface area contributed by atoms with Gasteiger partial charge in [-0.1, -0.05) is 13.3 Å². The van der Waals surface area contributed by atoms with Gasteiger partial charge in [-0.15, -0.1) is 0 Å². The van der Waals surface area contributed by atoms with Crippen LogP contribution < -0.4 is 5.32 Å². The van der Waals surface area contributed by atoms with Crippen molar-refractivity contribution < 1.29 is 14.7 Å². The number of carboxylic acid groups (broad SMARTS) is 1. The van der Waals surface area contributed by atoms with E-state index in [4.69, 9.17) is 5.11 Å². The second kappa shape index (κ2) is 4.55. The molecule has 1 saturated carbocycles. The summed E-state index contributed by atoms with van der Waals surface area (Å²) in [6.45, 7) is 4.48. The largest absolute Gasteiger partial charge is 0.481 e. The van der Waals surface area contributed by atoms with Crippen molar-refractivity contribution in [3.05, 3.63) is 0 Å². The van der Waals surface area contributed by atoms with Gasteiger partial charge in [-0.2, -0.15) is 0 Å². The van der Waals surface area contributed by atoms with Gasteiger partial charge in [0.05, 0.1) is 5.92 Å². The van der Waals surface area contributed by atoms with E-state index in [9.17, 15) is 9.59 Å². The maximum atomic E-state index is 12.0. The lowest BCUT2D eigenvalue weighted by molar-refractivity contribution is -0.142. The number of carbonyl (C=O) groups excluding carboxylic acids is 1. The molecule has 2 fully saturated rings. The summed E-state index contributed by atoms with van der Waals surface area (Å²) in [4.78, 5) is 24.6. The molecular weight excluding hydrogens is 220 g/mol. The van der Waals surface area contributed by atoms with E-state index >= 15 is 0 Å². The zero-order valence-electron chi connectivity index (χ0n) is 10.3. The minimum Gasteiger partial charge on any atom is -0.481 e. The Hall–Kier alpha value is -1.26. The summed E-state index contributed by atoms with van der Waals surface area (Å²) in [5.74, 6) is -0.597. The Morgan fingerprint density at radius 1 is 1.47 bits per heavy atom. The van der Waals surface area contributed by atoms with Crippen molar-refractivity contribution in [2.24, 2.45) is 11.8 Å². The van der Waals surface area contributed by atoms with Crippen LogP contribution in [0, 0.1) is 11.8 Å². The SMILES string of the molecule is CCC1CC1NC(=O)N1CCC(C(=O)O)C1C. The van der Waals surface area contributed by atoms with Crippen LogP contribution in [-0.2, 0) is 4.79 Å². The molecule has 5 nitrogen and oxygen atoms in total. The van der Waals surface area contributed by atoms with Gasteiger partial charge in [-0.3, -0.25) is 4.79 Å². The van der Waals surface area contributed by atoms with E-state index in [1.165, 1.54) is 0 Å². The summed E-state index contributed by atoms with van der Waals surface area (Å²) in [7, 11) is 0. The van der Waals surface area contributed by atoms with E-state index < -0.39 is 11.9 Å². The summed E-state index contributed by atoms with van der Waals surface area (Å²) in [6.07, 6.45) is 2.72. The molecule has 2 N–H and O–H groups in total. The molecule has 2 aliphatic rings. The van der Waals surface area contributed by atoms with Crippen LogP contribution in [0.2, 0.25) is 0 Å². The Morgan fingerprint density at radius 3 is 2.65 bits per heavy atom. The number of urea groups is 1. The number of amides is 2. The standard InChI is InChI=1S/C12H20N2O3/c1-3-8-6-10(8)13-12(17)14-5-4-9(7(14)2)11(15)16/h7-10H,3-6H2,1-2H3,(H,13,17)(H,15,16). The van der Waals surface area contributed by atoms with Crippen molar-refractivity contribution in [3.63, 3.8) is 0 Å². The topological polar surface area (TPSA) is 69.6 Å². The Bertz CT molecular complexity index is 332. The van der Waals surface area contributed by atoms with Crippen molar-refractivity contribution in [3.8, 4) is 0 Å². The minimum atomic E-state index is -0.800. The third-order valence-electron chi connectivity index (χ3n) is 4.09. The first kappa shape index (κ1) is 12.2. The van der Waals surface area contributed by atoms with E-state index in [1.807, 2.05) is 6.92 Å². The lowest BCUT2D eigenvalue weighted by Gasteiger charge is -2.23. The van der Waals surface area contributed by atoms with Crippen molar-refractivity contribution in [2.45, 2.75) is 45.2 Å². The number of hydrogen-bond acceptors (Lipinski definition) is 2. The molecule has 0 spiro atoms. The second-order valence-corrected chi connectivity index (χ2v) is 5.13. The van der Waals surface area contributed by atoms with Crippen LogP contribution in [-0.4, -0.2) is 40.6 Å². The van der Waals surface area contributed by atoms with Gasteiger partial charge >= 0.3 is 12.0 Å². The number of carboxylic acids is 1. The summed E-state index contributed by atoms with van der Waals surface area (Å²) in [5, 5.41) is 12.0. The minimum absolute atomic E-state index is 0.0952. The Kier molecular flexibility index (Phi) is 3.26. The molecule has 2 rings (SSSR count). The fourth-order valence-corrected chi connectivity index (χ4v) is 2.67. The first-order chi connectivity index (χ1) is 8.04. The summed E-state index contributed by atoms with van der Waals surface area (Å²) < 4.78 is 0. The Morgan fingerprint density at radius 2 is 2.18 bits per heavy atom. The fraction of sp³-hybridized carbons (Fsp3) is 0.833. The third kappa shape index (κ3) is 2.37. The molecule has 96 valence electrons. The zero-order chi connectivity index (χ0) is 12.6. The molecule has 0 bridgehead atoms.